The summed E-state index contributed by atoms with van der Waals surface area (Å²) in [5.41, 5.74) is 0.440. The normalized spacial score (nSPS) is 34.7. The smallest absolute Gasteiger partial charge is 0.231 e. The fourth-order valence-electron chi connectivity index (χ4n) is 4.19. The molecule has 0 N–H and O–H groups in total. The monoisotopic (exact) mass is 274 g/mol. The van der Waals surface area contributed by atoms with Crippen molar-refractivity contribution in [2.24, 2.45) is 11.3 Å². The van der Waals surface area contributed by atoms with Crippen molar-refractivity contribution < 1.29 is 18.9 Å². The molecule has 1 aromatic rings. The first-order chi connectivity index (χ1) is 9.81. The molecule has 2 saturated carbocycles. The zero-order chi connectivity index (χ0) is 13.2. The summed E-state index contributed by atoms with van der Waals surface area (Å²) in [6.07, 6.45) is 5.01. The number of rotatable bonds is 3. The molecule has 0 aromatic heterocycles. The second-order valence-electron chi connectivity index (χ2n) is 6.52. The summed E-state index contributed by atoms with van der Waals surface area (Å²) >= 11 is 0. The third kappa shape index (κ3) is 1.30. The van der Waals surface area contributed by atoms with Gasteiger partial charge in [-0.25, -0.2) is 0 Å². The van der Waals surface area contributed by atoms with Gasteiger partial charge in [0, 0.05) is 11.5 Å². The van der Waals surface area contributed by atoms with Crippen molar-refractivity contribution in [3.63, 3.8) is 0 Å². The van der Waals surface area contributed by atoms with E-state index in [1.54, 1.807) is 0 Å². The molecule has 1 spiro atoms. The van der Waals surface area contributed by atoms with Gasteiger partial charge in [-0.3, -0.25) is 0 Å². The average Bonchev–Trinajstić information content (AvgIpc) is 2.83. The molecule has 2 aliphatic carbocycles. The van der Waals surface area contributed by atoms with Gasteiger partial charge in [0.2, 0.25) is 6.79 Å². The van der Waals surface area contributed by atoms with Crippen LogP contribution in [0.1, 0.15) is 25.7 Å². The van der Waals surface area contributed by atoms with Crippen molar-refractivity contribution in [1.29, 1.82) is 0 Å². The van der Waals surface area contributed by atoms with E-state index >= 15 is 0 Å². The highest BCUT2D eigenvalue weighted by Gasteiger charge is 2.73. The number of hydrogen-bond acceptors (Lipinski definition) is 4. The molecular formula is C16H18O4. The largest absolute Gasteiger partial charge is 0.493 e. The number of benzene rings is 1. The van der Waals surface area contributed by atoms with Crippen LogP contribution in [0, 0.1) is 11.3 Å². The van der Waals surface area contributed by atoms with Crippen LogP contribution < -0.4 is 14.2 Å². The van der Waals surface area contributed by atoms with Crippen LogP contribution in [0.2, 0.25) is 0 Å². The van der Waals surface area contributed by atoms with Gasteiger partial charge in [-0.2, -0.15) is 0 Å². The van der Waals surface area contributed by atoms with Crippen LogP contribution in [-0.4, -0.2) is 25.6 Å². The second-order valence-corrected chi connectivity index (χ2v) is 6.52. The summed E-state index contributed by atoms with van der Waals surface area (Å²) in [5.74, 6) is 3.18. The Morgan fingerprint density at radius 3 is 2.90 bits per heavy atom. The predicted octanol–water partition coefficient (Wildman–Crippen LogP) is 2.75. The van der Waals surface area contributed by atoms with Crippen molar-refractivity contribution in [1.82, 2.24) is 0 Å². The SMILES string of the molecule is c1cc2c(cc1OC[C@]13C[C@H]1COC31CCC1)OCO2. The van der Waals surface area contributed by atoms with Gasteiger partial charge in [0.1, 0.15) is 5.75 Å². The highest BCUT2D eigenvalue weighted by molar-refractivity contribution is 5.47. The third-order valence-electron chi connectivity index (χ3n) is 5.70. The number of ether oxygens (including phenoxy) is 4. The third-order valence-corrected chi connectivity index (χ3v) is 5.70. The molecule has 4 nitrogen and oxygen atoms in total. The maximum Gasteiger partial charge on any atom is 0.231 e. The van der Waals surface area contributed by atoms with E-state index in [0.717, 1.165) is 36.4 Å². The fraction of sp³-hybridized carbons (Fsp3) is 0.625. The molecule has 3 fully saturated rings. The Morgan fingerprint density at radius 2 is 2.10 bits per heavy atom. The quantitative estimate of drug-likeness (QED) is 0.849. The maximum atomic E-state index is 6.08. The first-order valence-electron chi connectivity index (χ1n) is 7.48. The molecule has 0 bridgehead atoms. The lowest BCUT2D eigenvalue weighted by atomic mass is 9.69. The van der Waals surface area contributed by atoms with Gasteiger partial charge in [-0.15, -0.1) is 0 Å². The lowest BCUT2D eigenvalue weighted by Gasteiger charge is -2.45. The van der Waals surface area contributed by atoms with Gasteiger partial charge in [-0.1, -0.05) is 0 Å². The van der Waals surface area contributed by atoms with E-state index in [2.05, 4.69) is 0 Å². The molecule has 5 rings (SSSR count). The van der Waals surface area contributed by atoms with E-state index in [1.807, 2.05) is 18.2 Å². The van der Waals surface area contributed by atoms with E-state index in [9.17, 15) is 0 Å². The predicted molar refractivity (Wildman–Crippen MR) is 71.1 cm³/mol. The van der Waals surface area contributed by atoms with Crippen LogP contribution >= 0.6 is 0 Å². The van der Waals surface area contributed by atoms with E-state index in [1.165, 1.54) is 25.7 Å². The molecule has 4 heteroatoms. The Bertz CT molecular complexity index is 566. The molecule has 0 unspecified atom stereocenters. The van der Waals surface area contributed by atoms with Crippen LogP contribution in [0.25, 0.3) is 0 Å². The highest BCUT2D eigenvalue weighted by Crippen LogP contribution is 2.71. The molecule has 2 heterocycles. The minimum Gasteiger partial charge on any atom is -0.493 e. The lowest BCUT2D eigenvalue weighted by Crippen LogP contribution is -2.48. The van der Waals surface area contributed by atoms with Crippen molar-refractivity contribution in [3.8, 4) is 17.2 Å². The zero-order valence-corrected chi connectivity index (χ0v) is 11.4. The van der Waals surface area contributed by atoms with E-state index in [4.69, 9.17) is 18.9 Å². The summed E-state index contributed by atoms with van der Waals surface area (Å²) in [6.45, 7) is 2.02. The molecule has 106 valence electrons. The maximum absolute atomic E-state index is 6.08. The van der Waals surface area contributed by atoms with E-state index in [-0.39, 0.29) is 5.60 Å². The first kappa shape index (κ1) is 11.3. The van der Waals surface area contributed by atoms with Gasteiger partial charge in [0.25, 0.3) is 0 Å². The Kier molecular flexibility index (Phi) is 2.03. The zero-order valence-electron chi connectivity index (χ0n) is 11.4. The molecule has 4 aliphatic rings. The van der Waals surface area contributed by atoms with Crippen LogP contribution in [0.5, 0.6) is 17.2 Å². The van der Waals surface area contributed by atoms with Crippen molar-refractivity contribution in [2.45, 2.75) is 31.3 Å². The summed E-state index contributed by atoms with van der Waals surface area (Å²) in [7, 11) is 0. The van der Waals surface area contributed by atoms with E-state index < -0.39 is 0 Å². The molecule has 20 heavy (non-hydrogen) atoms. The number of hydrogen-bond donors (Lipinski definition) is 0. The first-order valence-corrected chi connectivity index (χ1v) is 7.48. The number of fused-ring (bicyclic) bond motifs is 3. The van der Waals surface area contributed by atoms with Gasteiger partial charge in [-0.05, 0) is 43.7 Å². The molecule has 0 amide bonds. The van der Waals surface area contributed by atoms with Gasteiger partial charge < -0.3 is 18.9 Å². The highest BCUT2D eigenvalue weighted by atomic mass is 16.7. The molecule has 2 atom stereocenters. The Hall–Kier alpha value is -1.42. The van der Waals surface area contributed by atoms with Crippen LogP contribution in [0.3, 0.4) is 0 Å². The summed E-state index contributed by atoms with van der Waals surface area (Å²) in [4.78, 5) is 0. The van der Waals surface area contributed by atoms with Crippen molar-refractivity contribution in [3.05, 3.63) is 18.2 Å². The summed E-state index contributed by atoms with van der Waals surface area (Å²) in [5, 5.41) is 0. The Labute approximate surface area is 118 Å². The van der Waals surface area contributed by atoms with E-state index in [0.29, 0.717) is 12.2 Å². The summed E-state index contributed by atoms with van der Waals surface area (Å²) in [6, 6.07) is 5.81. The minimum atomic E-state index is 0.147. The van der Waals surface area contributed by atoms with Crippen molar-refractivity contribution in [2.75, 3.05) is 20.0 Å². The topological polar surface area (TPSA) is 36.9 Å². The van der Waals surface area contributed by atoms with Gasteiger partial charge in [0.15, 0.2) is 11.5 Å². The Balaban J connectivity index is 1.34. The van der Waals surface area contributed by atoms with Crippen LogP contribution in [0.15, 0.2) is 18.2 Å². The summed E-state index contributed by atoms with van der Waals surface area (Å²) < 4.78 is 22.9. The fourth-order valence-corrected chi connectivity index (χ4v) is 4.19. The lowest BCUT2D eigenvalue weighted by molar-refractivity contribution is -0.119. The van der Waals surface area contributed by atoms with Gasteiger partial charge in [0.05, 0.1) is 18.8 Å². The molecular weight excluding hydrogens is 256 g/mol. The standard InChI is InChI=1S/C16H18O4/c1-4-16(5-1)15(7-11(15)8-20-16)9-17-12-2-3-13-14(6-12)19-10-18-13/h2-3,6,11H,1,4-5,7-10H2/t11-,15+/m0/s1. The molecule has 1 aromatic carbocycles. The second kappa shape index (κ2) is 3.61. The average molecular weight is 274 g/mol. The minimum absolute atomic E-state index is 0.147. The van der Waals surface area contributed by atoms with Crippen LogP contribution in [-0.2, 0) is 4.74 Å². The van der Waals surface area contributed by atoms with Gasteiger partial charge >= 0.3 is 0 Å². The van der Waals surface area contributed by atoms with Crippen LogP contribution in [0.4, 0.5) is 0 Å². The molecule has 1 saturated heterocycles. The Morgan fingerprint density at radius 1 is 1.20 bits per heavy atom. The van der Waals surface area contributed by atoms with Crippen molar-refractivity contribution >= 4 is 0 Å². The molecule has 2 aliphatic heterocycles. The molecule has 0 radical (unpaired) electrons.